The van der Waals surface area contributed by atoms with Crippen LogP contribution in [0.3, 0.4) is 0 Å². The van der Waals surface area contributed by atoms with Crippen molar-refractivity contribution in [1.29, 1.82) is 0 Å². The summed E-state index contributed by atoms with van der Waals surface area (Å²) in [5, 5.41) is 10.7. The van der Waals surface area contributed by atoms with Crippen LogP contribution in [-0.2, 0) is 4.79 Å². The Morgan fingerprint density at radius 2 is 1.71 bits per heavy atom. The molecule has 0 saturated heterocycles. The number of fused-ring (bicyclic) bond motifs is 1. The predicted octanol–water partition coefficient (Wildman–Crippen LogP) is 4.89. The molecule has 2 aromatic carbocycles. The van der Waals surface area contributed by atoms with E-state index >= 15 is 0 Å². The van der Waals surface area contributed by atoms with Gasteiger partial charge in [-0.3, -0.25) is 9.59 Å². The van der Waals surface area contributed by atoms with Gasteiger partial charge < -0.3 is 10.1 Å². The number of aromatic nitrogens is 1. The Kier molecular flexibility index (Phi) is 4.35. The molecule has 1 heterocycles. The zero-order chi connectivity index (χ0) is 17.4. The van der Waals surface area contributed by atoms with Crippen LogP contribution >= 0.6 is 23.2 Å². The first-order chi connectivity index (χ1) is 11.4. The first kappa shape index (κ1) is 16.6. The second kappa shape index (κ2) is 6.30. The molecule has 24 heavy (non-hydrogen) atoms. The summed E-state index contributed by atoms with van der Waals surface area (Å²) in [5.74, 6) is -2.18. The van der Waals surface area contributed by atoms with Crippen LogP contribution < -0.4 is 0 Å². The molecule has 3 rings (SSSR count). The van der Waals surface area contributed by atoms with E-state index in [1.165, 1.54) is 6.92 Å². The quantitative estimate of drug-likeness (QED) is 0.649. The number of carbonyl (C=O) groups is 2. The third kappa shape index (κ3) is 2.79. The number of aromatic amines is 1. The van der Waals surface area contributed by atoms with Crippen LogP contribution in [0.5, 0.6) is 0 Å². The lowest BCUT2D eigenvalue weighted by atomic mass is 9.94. The summed E-state index contributed by atoms with van der Waals surface area (Å²) in [5.41, 5.74) is 1.70. The molecule has 1 unspecified atom stereocenters. The van der Waals surface area contributed by atoms with Gasteiger partial charge in [0, 0.05) is 22.0 Å². The number of hydrogen-bond donors (Lipinski definition) is 2. The van der Waals surface area contributed by atoms with Crippen LogP contribution in [-0.4, -0.2) is 21.8 Å². The van der Waals surface area contributed by atoms with Gasteiger partial charge in [0.15, 0.2) is 0 Å². The van der Waals surface area contributed by atoms with Crippen molar-refractivity contribution in [1.82, 2.24) is 4.98 Å². The Morgan fingerprint density at radius 1 is 1.08 bits per heavy atom. The van der Waals surface area contributed by atoms with E-state index in [0.29, 0.717) is 32.1 Å². The number of carboxylic acid groups (broad SMARTS) is 1. The molecule has 3 aromatic rings. The standard InChI is InChI=1S/C18H13Cl2NO3/c1-9(18(23)24)15-11-7-12(19)13(20)8-14(11)21-16(15)17(22)10-5-3-2-4-6-10/h2-9,21H,1H3,(H,23,24). The third-order valence-corrected chi connectivity index (χ3v) is 4.67. The number of H-pyrrole nitrogens is 1. The van der Waals surface area contributed by atoms with Crippen molar-refractivity contribution in [3.05, 3.63) is 69.3 Å². The SMILES string of the molecule is CC(C(=O)O)c1c(C(=O)c2ccccc2)[nH]c2cc(Cl)c(Cl)cc12. The van der Waals surface area contributed by atoms with E-state index < -0.39 is 11.9 Å². The number of carbonyl (C=O) groups excluding carboxylic acids is 1. The largest absolute Gasteiger partial charge is 0.481 e. The normalized spacial score (nSPS) is 12.3. The number of aliphatic carboxylic acids is 1. The highest BCUT2D eigenvalue weighted by molar-refractivity contribution is 6.42. The molecule has 0 saturated carbocycles. The second-order valence-electron chi connectivity index (χ2n) is 5.48. The molecule has 1 atom stereocenters. The van der Waals surface area contributed by atoms with E-state index in [-0.39, 0.29) is 11.5 Å². The predicted molar refractivity (Wildman–Crippen MR) is 94.2 cm³/mol. The second-order valence-corrected chi connectivity index (χ2v) is 6.30. The van der Waals surface area contributed by atoms with Crippen molar-refractivity contribution in [3.63, 3.8) is 0 Å². The third-order valence-electron chi connectivity index (χ3n) is 3.95. The topological polar surface area (TPSA) is 70.2 Å². The van der Waals surface area contributed by atoms with Gasteiger partial charge in [0.2, 0.25) is 5.78 Å². The number of ketones is 1. The molecule has 1 aromatic heterocycles. The number of hydrogen-bond acceptors (Lipinski definition) is 2. The summed E-state index contributed by atoms with van der Waals surface area (Å²) in [6.07, 6.45) is 0. The fourth-order valence-electron chi connectivity index (χ4n) is 2.70. The van der Waals surface area contributed by atoms with Crippen LogP contribution in [0, 0.1) is 0 Å². The van der Waals surface area contributed by atoms with Crippen LogP contribution in [0.25, 0.3) is 10.9 Å². The number of carboxylic acids is 1. The molecule has 0 amide bonds. The molecule has 122 valence electrons. The van der Waals surface area contributed by atoms with Gasteiger partial charge in [-0.15, -0.1) is 0 Å². The Hall–Kier alpha value is -2.30. The maximum absolute atomic E-state index is 12.8. The highest BCUT2D eigenvalue weighted by Gasteiger charge is 2.27. The summed E-state index contributed by atoms with van der Waals surface area (Å²) in [6, 6.07) is 11.9. The monoisotopic (exact) mass is 361 g/mol. The minimum absolute atomic E-state index is 0.240. The van der Waals surface area contributed by atoms with Crippen LogP contribution in [0.1, 0.15) is 34.5 Å². The van der Waals surface area contributed by atoms with Gasteiger partial charge in [0.1, 0.15) is 0 Å². The van der Waals surface area contributed by atoms with Crippen LogP contribution in [0.4, 0.5) is 0 Å². The molecule has 0 fully saturated rings. The Labute approximate surface area is 148 Å². The van der Waals surface area contributed by atoms with Gasteiger partial charge in [-0.25, -0.2) is 0 Å². The summed E-state index contributed by atoms with van der Waals surface area (Å²) >= 11 is 12.1. The van der Waals surface area contributed by atoms with Gasteiger partial charge in [-0.2, -0.15) is 0 Å². The van der Waals surface area contributed by atoms with E-state index in [0.717, 1.165) is 0 Å². The number of halogens is 2. The van der Waals surface area contributed by atoms with E-state index in [4.69, 9.17) is 23.2 Å². The van der Waals surface area contributed by atoms with E-state index in [1.54, 1.807) is 36.4 Å². The summed E-state index contributed by atoms with van der Waals surface area (Å²) in [6.45, 7) is 1.54. The maximum atomic E-state index is 12.8. The molecular weight excluding hydrogens is 349 g/mol. The smallest absolute Gasteiger partial charge is 0.310 e. The van der Waals surface area contributed by atoms with E-state index in [9.17, 15) is 14.7 Å². The van der Waals surface area contributed by atoms with Gasteiger partial charge in [0.05, 0.1) is 21.7 Å². The van der Waals surface area contributed by atoms with E-state index in [1.807, 2.05) is 6.07 Å². The first-order valence-corrected chi connectivity index (χ1v) is 7.99. The summed E-state index contributed by atoms with van der Waals surface area (Å²) in [7, 11) is 0. The lowest BCUT2D eigenvalue weighted by Gasteiger charge is -2.09. The van der Waals surface area contributed by atoms with Crippen molar-refractivity contribution >= 4 is 45.9 Å². The molecule has 0 bridgehead atoms. The van der Waals surface area contributed by atoms with Crippen LogP contribution in [0.2, 0.25) is 10.0 Å². The average Bonchev–Trinajstić information content (AvgIpc) is 2.92. The highest BCUT2D eigenvalue weighted by atomic mass is 35.5. The molecule has 0 spiro atoms. The lowest BCUT2D eigenvalue weighted by molar-refractivity contribution is -0.138. The van der Waals surface area contributed by atoms with Crippen molar-refractivity contribution in [2.24, 2.45) is 0 Å². The van der Waals surface area contributed by atoms with Crippen molar-refractivity contribution < 1.29 is 14.7 Å². The minimum atomic E-state index is -1.02. The lowest BCUT2D eigenvalue weighted by Crippen LogP contribution is -2.12. The fourth-order valence-corrected chi connectivity index (χ4v) is 3.02. The molecule has 0 aliphatic carbocycles. The van der Waals surface area contributed by atoms with Crippen molar-refractivity contribution in [2.45, 2.75) is 12.8 Å². The summed E-state index contributed by atoms with van der Waals surface area (Å²) in [4.78, 5) is 27.4. The van der Waals surface area contributed by atoms with Crippen molar-refractivity contribution in [3.8, 4) is 0 Å². The fraction of sp³-hybridized carbons (Fsp3) is 0.111. The van der Waals surface area contributed by atoms with Gasteiger partial charge in [0.25, 0.3) is 0 Å². The van der Waals surface area contributed by atoms with Crippen LogP contribution in [0.15, 0.2) is 42.5 Å². The van der Waals surface area contributed by atoms with Gasteiger partial charge >= 0.3 is 5.97 Å². The Bertz CT molecular complexity index is 948. The minimum Gasteiger partial charge on any atom is -0.481 e. The average molecular weight is 362 g/mol. The Balaban J connectivity index is 2.28. The highest BCUT2D eigenvalue weighted by Crippen LogP contribution is 2.35. The number of nitrogens with one attached hydrogen (secondary N) is 1. The van der Waals surface area contributed by atoms with Gasteiger partial charge in [-0.05, 0) is 19.1 Å². The number of benzene rings is 2. The first-order valence-electron chi connectivity index (χ1n) is 7.23. The molecule has 0 radical (unpaired) electrons. The molecule has 2 N–H and O–H groups in total. The number of rotatable bonds is 4. The zero-order valence-corrected chi connectivity index (χ0v) is 14.2. The summed E-state index contributed by atoms with van der Waals surface area (Å²) < 4.78 is 0. The maximum Gasteiger partial charge on any atom is 0.310 e. The molecule has 4 nitrogen and oxygen atoms in total. The molecule has 0 aliphatic rings. The Morgan fingerprint density at radius 3 is 2.33 bits per heavy atom. The molecule has 0 aliphatic heterocycles. The molecule has 6 heteroatoms. The van der Waals surface area contributed by atoms with E-state index in [2.05, 4.69) is 4.98 Å². The van der Waals surface area contributed by atoms with Gasteiger partial charge in [-0.1, -0.05) is 53.5 Å². The molecular formula is C18H13Cl2NO3. The zero-order valence-electron chi connectivity index (χ0n) is 12.6. The van der Waals surface area contributed by atoms with Crippen molar-refractivity contribution in [2.75, 3.05) is 0 Å².